The molecule has 0 unspecified atom stereocenters. The highest BCUT2D eigenvalue weighted by Gasteiger charge is 2.32. The third-order valence-electron chi connectivity index (χ3n) is 3.67. The van der Waals surface area contributed by atoms with Crippen LogP contribution in [0.1, 0.15) is 55.4 Å². The van der Waals surface area contributed by atoms with Crippen LogP contribution in [-0.4, -0.2) is 16.4 Å². The first-order valence-corrected chi connectivity index (χ1v) is 6.91. The fourth-order valence-corrected chi connectivity index (χ4v) is 2.55. The number of nitrogens with zero attached hydrogens (tertiary/aromatic N) is 2. The number of hydrogen-bond donors (Lipinski definition) is 1. The summed E-state index contributed by atoms with van der Waals surface area (Å²) >= 11 is 0. The van der Waals surface area contributed by atoms with Crippen molar-refractivity contribution in [3.63, 3.8) is 0 Å². The number of carbonyl (C=O) groups excluding carboxylic acids is 1. The van der Waals surface area contributed by atoms with E-state index in [9.17, 15) is 10.1 Å². The van der Waals surface area contributed by atoms with Crippen molar-refractivity contribution < 1.29 is 4.79 Å². The van der Waals surface area contributed by atoms with Crippen LogP contribution in [0.15, 0.2) is 24.4 Å². The van der Waals surface area contributed by atoms with Crippen LogP contribution < -0.4 is 5.32 Å². The predicted octanol–water partition coefficient (Wildman–Crippen LogP) is 2.82. The van der Waals surface area contributed by atoms with Crippen molar-refractivity contribution in [2.24, 2.45) is 0 Å². The maximum atomic E-state index is 12.2. The average Bonchev–Trinajstić information content (AvgIpc) is 2.43. The van der Waals surface area contributed by atoms with Gasteiger partial charge in [-0.25, -0.2) is 0 Å². The van der Waals surface area contributed by atoms with Crippen molar-refractivity contribution in [2.45, 2.75) is 50.5 Å². The van der Waals surface area contributed by atoms with Gasteiger partial charge in [0, 0.05) is 6.20 Å². The van der Waals surface area contributed by atoms with Crippen molar-refractivity contribution >= 4 is 5.91 Å². The van der Waals surface area contributed by atoms with E-state index in [1.165, 1.54) is 6.42 Å². The molecule has 1 N–H and O–H groups in total. The smallest absolute Gasteiger partial charge is 0.271 e. The minimum Gasteiger partial charge on any atom is -0.332 e. The molecule has 0 spiro atoms. The first-order chi connectivity index (χ1) is 9.26. The first kappa shape index (κ1) is 13.5. The van der Waals surface area contributed by atoms with Crippen LogP contribution in [0.4, 0.5) is 0 Å². The molecular weight excluding hydrogens is 238 g/mol. The van der Waals surface area contributed by atoms with Gasteiger partial charge in [-0.05, 0) is 25.0 Å². The molecule has 1 fully saturated rings. The second-order valence-electron chi connectivity index (χ2n) is 5.13. The molecule has 1 heterocycles. The van der Waals surface area contributed by atoms with Crippen LogP contribution in [0.2, 0.25) is 0 Å². The Labute approximate surface area is 113 Å². The van der Waals surface area contributed by atoms with Crippen molar-refractivity contribution in [3.8, 4) is 6.07 Å². The summed E-state index contributed by atoms with van der Waals surface area (Å²) in [4.78, 5) is 16.2. The van der Waals surface area contributed by atoms with E-state index < -0.39 is 5.54 Å². The molecule has 19 heavy (non-hydrogen) atoms. The average molecular weight is 257 g/mol. The Morgan fingerprint density at radius 2 is 1.89 bits per heavy atom. The van der Waals surface area contributed by atoms with E-state index in [2.05, 4.69) is 16.4 Å². The molecule has 1 aromatic rings. The predicted molar refractivity (Wildman–Crippen MR) is 72.4 cm³/mol. The molecule has 1 aromatic heterocycles. The molecule has 1 aliphatic rings. The van der Waals surface area contributed by atoms with Crippen molar-refractivity contribution in [2.75, 3.05) is 0 Å². The summed E-state index contributed by atoms with van der Waals surface area (Å²) in [5, 5.41) is 12.4. The molecular formula is C15H19N3O. The molecule has 1 amide bonds. The topological polar surface area (TPSA) is 65.8 Å². The van der Waals surface area contributed by atoms with Gasteiger partial charge in [-0.15, -0.1) is 0 Å². The maximum absolute atomic E-state index is 12.2. The number of nitriles is 1. The van der Waals surface area contributed by atoms with Gasteiger partial charge < -0.3 is 5.32 Å². The summed E-state index contributed by atoms with van der Waals surface area (Å²) < 4.78 is 0. The molecule has 4 nitrogen and oxygen atoms in total. The van der Waals surface area contributed by atoms with Gasteiger partial charge in [0.15, 0.2) is 0 Å². The van der Waals surface area contributed by atoms with E-state index in [4.69, 9.17) is 0 Å². The molecule has 0 atom stereocenters. The number of aromatic nitrogens is 1. The summed E-state index contributed by atoms with van der Waals surface area (Å²) in [5.41, 5.74) is -0.339. The fraction of sp³-hybridized carbons (Fsp3) is 0.533. The Balaban J connectivity index is 2.09. The van der Waals surface area contributed by atoms with E-state index in [1.807, 2.05) is 0 Å². The quantitative estimate of drug-likeness (QED) is 0.886. The van der Waals surface area contributed by atoms with Gasteiger partial charge in [-0.3, -0.25) is 9.78 Å². The molecule has 0 aromatic carbocycles. The van der Waals surface area contributed by atoms with E-state index in [-0.39, 0.29) is 5.91 Å². The monoisotopic (exact) mass is 257 g/mol. The number of nitrogens with one attached hydrogen (secondary N) is 1. The molecule has 4 heteroatoms. The second-order valence-corrected chi connectivity index (χ2v) is 5.13. The van der Waals surface area contributed by atoms with Crippen LogP contribution in [0.5, 0.6) is 0 Å². The van der Waals surface area contributed by atoms with Crippen molar-refractivity contribution in [1.29, 1.82) is 5.26 Å². The fourth-order valence-electron chi connectivity index (χ4n) is 2.55. The van der Waals surface area contributed by atoms with Crippen molar-refractivity contribution in [1.82, 2.24) is 10.3 Å². The zero-order valence-corrected chi connectivity index (χ0v) is 11.1. The van der Waals surface area contributed by atoms with Crippen LogP contribution >= 0.6 is 0 Å². The highest BCUT2D eigenvalue weighted by atomic mass is 16.2. The molecule has 0 aliphatic heterocycles. The lowest BCUT2D eigenvalue weighted by molar-refractivity contribution is 0.0902. The lowest BCUT2D eigenvalue weighted by atomic mass is 9.85. The SMILES string of the molecule is N#CC1(NC(=O)c2ccccn2)CCCCCCC1. The van der Waals surface area contributed by atoms with Gasteiger partial charge in [0.05, 0.1) is 6.07 Å². The van der Waals surface area contributed by atoms with Gasteiger partial charge in [-0.1, -0.05) is 38.2 Å². The Bertz CT molecular complexity index is 456. The van der Waals surface area contributed by atoms with E-state index in [0.717, 1.165) is 38.5 Å². The lowest BCUT2D eigenvalue weighted by Crippen LogP contribution is -2.48. The van der Waals surface area contributed by atoms with Crippen LogP contribution in [0.25, 0.3) is 0 Å². The first-order valence-electron chi connectivity index (χ1n) is 6.91. The summed E-state index contributed by atoms with van der Waals surface area (Å²) in [5.74, 6) is -0.247. The Morgan fingerprint density at radius 3 is 2.47 bits per heavy atom. The third-order valence-corrected chi connectivity index (χ3v) is 3.67. The van der Waals surface area contributed by atoms with E-state index in [0.29, 0.717) is 5.69 Å². The van der Waals surface area contributed by atoms with Gasteiger partial charge in [0.25, 0.3) is 5.91 Å². The maximum Gasteiger partial charge on any atom is 0.271 e. The van der Waals surface area contributed by atoms with Gasteiger partial charge >= 0.3 is 0 Å². The minimum atomic E-state index is -0.713. The molecule has 1 saturated carbocycles. The normalized spacial score (nSPS) is 18.7. The van der Waals surface area contributed by atoms with E-state index in [1.54, 1.807) is 24.4 Å². The number of rotatable bonds is 2. The molecule has 2 rings (SSSR count). The van der Waals surface area contributed by atoms with Crippen LogP contribution in [-0.2, 0) is 0 Å². The zero-order chi connectivity index (χ0) is 13.6. The summed E-state index contributed by atoms with van der Waals surface area (Å²) in [6, 6.07) is 7.54. The Hall–Kier alpha value is -1.89. The van der Waals surface area contributed by atoms with Gasteiger partial charge in [-0.2, -0.15) is 5.26 Å². The largest absolute Gasteiger partial charge is 0.332 e. The van der Waals surface area contributed by atoms with Gasteiger partial charge in [0.2, 0.25) is 0 Å². The second kappa shape index (κ2) is 6.33. The third kappa shape index (κ3) is 3.54. The zero-order valence-electron chi connectivity index (χ0n) is 11.1. The molecule has 0 radical (unpaired) electrons. The number of pyridine rings is 1. The molecule has 100 valence electrons. The standard InChI is InChI=1S/C15H19N3O/c16-12-15(9-5-2-1-3-6-10-15)18-14(19)13-8-4-7-11-17-13/h4,7-8,11H,1-3,5-6,9-10H2,(H,18,19). The Kier molecular flexibility index (Phi) is 4.51. The molecule has 0 saturated heterocycles. The lowest BCUT2D eigenvalue weighted by Gasteiger charge is -2.29. The number of hydrogen-bond acceptors (Lipinski definition) is 3. The number of amides is 1. The molecule has 1 aliphatic carbocycles. The minimum absolute atomic E-state index is 0.247. The van der Waals surface area contributed by atoms with E-state index >= 15 is 0 Å². The summed E-state index contributed by atoms with van der Waals surface area (Å²) in [7, 11) is 0. The van der Waals surface area contributed by atoms with Crippen LogP contribution in [0, 0.1) is 11.3 Å². The number of carbonyl (C=O) groups is 1. The van der Waals surface area contributed by atoms with Crippen LogP contribution in [0.3, 0.4) is 0 Å². The summed E-state index contributed by atoms with van der Waals surface area (Å²) in [6.45, 7) is 0. The van der Waals surface area contributed by atoms with Crippen molar-refractivity contribution in [3.05, 3.63) is 30.1 Å². The molecule has 0 bridgehead atoms. The Morgan fingerprint density at radius 1 is 1.21 bits per heavy atom. The summed E-state index contributed by atoms with van der Waals surface area (Å²) in [6.07, 6.45) is 8.57. The van der Waals surface area contributed by atoms with Gasteiger partial charge in [0.1, 0.15) is 11.2 Å². The highest BCUT2D eigenvalue weighted by molar-refractivity contribution is 5.93. The highest BCUT2D eigenvalue weighted by Crippen LogP contribution is 2.26.